The molecule has 44 heavy (non-hydrogen) atoms. The van der Waals surface area contributed by atoms with Gasteiger partial charge < -0.3 is 14.9 Å². The SMILES string of the molecule is C=CC(=O)N1CC2CSc3c(F)c(-c4c(O)ccc(F)c4F)nc4c3c(nc(=O)n4-c3c(C)ccnc3C(C)C)N2CC1C. The summed E-state index contributed by atoms with van der Waals surface area (Å²) >= 11 is 1.10. The average Bonchev–Trinajstić information content (AvgIpc) is 3.14. The number of aromatic hydroxyl groups is 1. The predicted octanol–water partition coefficient (Wildman–Crippen LogP) is 5.09. The molecule has 1 amide bonds. The highest BCUT2D eigenvalue weighted by molar-refractivity contribution is 7.99. The van der Waals surface area contributed by atoms with Crippen molar-refractivity contribution in [1.29, 1.82) is 0 Å². The van der Waals surface area contributed by atoms with E-state index in [0.717, 1.165) is 23.9 Å². The minimum absolute atomic E-state index is 0.0144. The molecule has 6 rings (SSSR count). The molecule has 228 valence electrons. The Hall–Kier alpha value is -4.39. The van der Waals surface area contributed by atoms with Gasteiger partial charge >= 0.3 is 5.69 Å². The van der Waals surface area contributed by atoms with Crippen LogP contribution in [-0.4, -0.2) is 66.4 Å². The third-order valence-corrected chi connectivity index (χ3v) is 9.35. The minimum atomic E-state index is -1.48. The number of hydrogen-bond donors (Lipinski definition) is 1. The molecule has 0 saturated carbocycles. The highest BCUT2D eigenvalue weighted by atomic mass is 32.2. The zero-order valence-electron chi connectivity index (χ0n) is 24.4. The number of phenols is 1. The maximum absolute atomic E-state index is 16.6. The first-order chi connectivity index (χ1) is 20.9. The zero-order valence-corrected chi connectivity index (χ0v) is 25.3. The van der Waals surface area contributed by atoms with Gasteiger partial charge in [-0.2, -0.15) is 4.98 Å². The molecule has 2 unspecified atom stereocenters. The van der Waals surface area contributed by atoms with E-state index in [0.29, 0.717) is 23.5 Å². The second-order valence-electron chi connectivity index (χ2n) is 11.3. The van der Waals surface area contributed by atoms with Crippen LogP contribution in [0.15, 0.2) is 46.7 Å². The van der Waals surface area contributed by atoms with Gasteiger partial charge in [-0.3, -0.25) is 9.78 Å². The maximum atomic E-state index is 16.6. The molecule has 5 heterocycles. The number of carbonyl (C=O) groups is 1. The van der Waals surface area contributed by atoms with Gasteiger partial charge in [-0.25, -0.2) is 27.5 Å². The fourth-order valence-electron chi connectivity index (χ4n) is 5.99. The van der Waals surface area contributed by atoms with Crippen molar-refractivity contribution in [2.24, 2.45) is 0 Å². The van der Waals surface area contributed by atoms with Crippen LogP contribution in [0.2, 0.25) is 0 Å². The maximum Gasteiger partial charge on any atom is 0.355 e. The number of benzene rings is 1. The fraction of sp³-hybridized carbons (Fsp3) is 0.323. The molecule has 2 aliphatic heterocycles. The van der Waals surface area contributed by atoms with Gasteiger partial charge in [-0.15, -0.1) is 11.8 Å². The number of aromatic nitrogens is 4. The number of piperazine rings is 1. The summed E-state index contributed by atoms with van der Waals surface area (Å²) in [5, 5.41) is 10.8. The first-order valence-electron chi connectivity index (χ1n) is 14.1. The molecule has 9 nitrogen and oxygen atoms in total. The van der Waals surface area contributed by atoms with E-state index in [4.69, 9.17) is 0 Å². The normalized spacial score (nSPS) is 18.0. The van der Waals surface area contributed by atoms with Gasteiger partial charge in [0.1, 0.15) is 17.3 Å². The molecule has 2 atom stereocenters. The molecule has 0 spiro atoms. The molecule has 3 aromatic heterocycles. The van der Waals surface area contributed by atoms with E-state index in [1.54, 1.807) is 24.1 Å². The number of nitrogens with zero attached hydrogens (tertiary/aromatic N) is 6. The van der Waals surface area contributed by atoms with Crippen molar-refractivity contribution < 1.29 is 23.1 Å². The van der Waals surface area contributed by atoms with Gasteiger partial charge in [0.2, 0.25) is 5.91 Å². The summed E-state index contributed by atoms with van der Waals surface area (Å²) in [6, 6.07) is 2.72. The van der Waals surface area contributed by atoms with Gasteiger partial charge in [-0.05, 0) is 49.6 Å². The standard InChI is InChI=1S/C31H29F3N6O3S/c1-6-20(42)38-12-17-13-44-28-22-29(39(17)11-16(38)5)37-31(43)40(27-15(4)9-10-35-25(27)14(2)3)30(22)36-26(24(28)34)21-19(41)8-7-18(32)23(21)33/h6-10,14,16-17,41H,1,11-13H2,2-5H3. The number of thioether (sulfide) groups is 1. The van der Waals surface area contributed by atoms with Gasteiger partial charge in [-0.1, -0.05) is 20.4 Å². The second-order valence-corrected chi connectivity index (χ2v) is 12.3. The molecule has 1 saturated heterocycles. The third kappa shape index (κ3) is 4.52. The van der Waals surface area contributed by atoms with Crippen molar-refractivity contribution in [3.63, 3.8) is 0 Å². The van der Waals surface area contributed by atoms with Crippen LogP contribution in [0.3, 0.4) is 0 Å². The van der Waals surface area contributed by atoms with Crippen LogP contribution in [0, 0.1) is 24.4 Å². The van der Waals surface area contributed by atoms with Crippen molar-refractivity contribution in [2.75, 3.05) is 23.7 Å². The van der Waals surface area contributed by atoms with Gasteiger partial charge in [0.15, 0.2) is 23.1 Å². The molecule has 0 radical (unpaired) electrons. The van der Waals surface area contributed by atoms with Crippen LogP contribution in [0.4, 0.5) is 19.0 Å². The number of rotatable bonds is 4. The molecule has 1 fully saturated rings. The first kappa shape index (κ1) is 29.7. The lowest BCUT2D eigenvalue weighted by atomic mass is 10.0. The van der Waals surface area contributed by atoms with E-state index in [2.05, 4.69) is 21.5 Å². The van der Waals surface area contributed by atoms with Crippen molar-refractivity contribution in [3.05, 3.63) is 76.2 Å². The van der Waals surface area contributed by atoms with Crippen LogP contribution in [0.1, 0.15) is 37.9 Å². The predicted molar refractivity (Wildman–Crippen MR) is 162 cm³/mol. The van der Waals surface area contributed by atoms with E-state index in [1.165, 1.54) is 10.6 Å². The molecule has 1 N–H and O–H groups in total. The summed E-state index contributed by atoms with van der Waals surface area (Å²) in [6.07, 6.45) is 2.86. The summed E-state index contributed by atoms with van der Waals surface area (Å²) in [5.41, 5.74) is -0.560. The lowest BCUT2D eigenvalue weighted by Gasteiger charge is -2.45. The molecule has 0 aliphatic carbocycles. The van der Waals surface area contributed by atoms with Gasteiger partial charge in [0.25, 0.3) is 0 Å². The zero-order chi connectivity index (χ0) is 31.6. The summed E-state index contributed by atoms with van der Waals surface area (Å²) in [7, 11) is 0. The number of hydrogen-bond acceptors (Lipinski definition) is 8. The molecular weight excluding hydrogens is 593 g/mol. The van der Waals surface area contributed by atoms with Crippen molar-refractivity contribution in [2.45, 2.75) is 50.6 Å². The molecule has 13 heteroatoms. The van der Waals surface area contributed by atoms with Gasteiger partial charge in [0, 0.05) is 31.1 Å². The number of fused-ring (bicyclic) bond motifs is 2. The van der Waals surface area contributed by atoms with E-state index < -0.39 is 40.1 Å². The average molecular weight is 623 g/mol. The summed E-state index contributed by atoms with van der Waals surface area (Å²) < 4.78 is 47.5. The Bertz CT molecular complexity index is 1930. The lowest BCUT2D eigenvalue weighted by Crippen LogP contribution is -2.60. The highest BCUT2D eigenvalue weighted by Crippen LogP contribution is 2.45. The highest BCUT2D eigenvalue weighted by Gasteiger charge is 2.40. The quantitative estimate of drug-likeness (QED) is 0.314. The van der Waals surface area contributed by atoms with E-state index >= 15 is 8.78 Å². The third-order valence-electron chi connectivity index (χ3n) is 8.13. The Morgan fingerprint density at radius 3 is 2.61 bits per heavy atom. The van der Waals surface area contributed by atoms with Crippen LogP contribution in [0.25, 0.3) is 28.0 Å². The molecule has 2 aliphatic rings. The number of anilines is 1. The number of amides is 1. The molecule has 1 aromatic carbocycles. The number of carbonyl (C=O) groups excluding carboxylic acids is 1. The largest absolute Gasteiger partial charge is 0.507 e. The Kier molecular flexibility index (Phi) is 7.39. The Balaban J connectivity index is 1.73. The molecular formula is C31H29F3N6O3S. The van der Waals surface area contributed by atoms with E-state index in [9.17, 15) is 19.1 Å². The van der Waals surface area contributed by atoms with E-state index in [-0.39, 0.29) is 58.0 Å². The number of pyridine rings is 2. The van der Waals surface area contributed by atoms with Crippen LogP contribution < -0.4 is 10.6 Å². The van der Waals surface area contributed by atoms with Crippen molar-refractivity contribution in [1.82, 2.24) is 24.4 Å². The van der Waals surface area contributed by atoms with Crippen molar-refractivity contribution >= 4 is 34.5 Å². The number of phenolic OH excluding ortho intramolecular Hbond substituents is 1. The number of halogens is 3. The summed E-state index contributed by atoms with van der Waals surface area (Å²) in [5.74, 6) is -4.42. The Labute approximate surface area is 255 Å². The Morgan fingerprint density at radius 1 is 1.16 bits per heavy atom. The lowest BCUT2D eigenvalue weighted by molar-refractivity contribution is -0.128. The van der Waals surface area contributed by atoms with Crippen LogP contribution >= 0.6 is 11.8 Å². The Morgan fingerprint density at radius 2 is 1.91 bits per heavy atom. The van der Waals surface area contributed by atoms with Crippen LogP contribution in [-0.2, 0) is 4.79 Å². The van der Waals surface area contributed by atoms with Crippen molar-refractivity contribution in [3.8, 4) is 22.7 Å². The monoisotopic (exact) mass is 622 g/mol. The smallest absolute Gasteiger partial charge is 0.355 e. The summed E-state index contributed by atoms with van der Waals surface area (Å²) in [4.78, 5) is 43.7. The van der Waals surface area contributed by atoms with Crippen LogP contribution in [0.5, 0.6) is 5.75 Å². The molecule has 0 bridgehead atoms. The minimum Gasteiger partial charge on any atom is -0.507 e. The summed E-state index contributed by atoms with van der Waals surface area (Å²) in [6.45, 7) is 11.6. The van der Waals surface area contributed by atoms with Gasteiger partial charge in [0.05, 0.1) is 33.3 Å². The second kappa shape index (κ2) is 11.0. The number of aryl methyl sites for hydroxylation is 1. The first-order valence-corrected chi connectivity index (χ1v) is 15.0. The topological polar surface area (TPSA) is 104 Å². The molecule has 4 aromatic rings. The fourth-order valence-corrected chi connectivity index (χ4v) is 7.18. The van der Waals surface area contributed by atoms with E-state index in [1.807, 2.05) is 25.7 Å².